The molecule has 0 saturated heterocycles. The van der Waals surface area contributed by atoms with Crippen LogP contribution < -0.4 is 11.1 Å². The van der Waals surface area contributed by atoms with Gasteiger partial charge in [0.25, 0.3) is 0 Å². The van der Waals surface area contributed by atoms with E-state index in [1.165, 1.54) is 12.1 Å². The van der Waals surface area contributed by atoms with Crippen LogP contribution in [0.15, 0.2) is 36.4 Å². The maximum atomic E-state index is 13.6. The lowest BCUT2D eigenvalue weighted by Gasteiger charge is -2.12. The van der Waals surface area contributed by atoms with E-state index in [1.807, 2.05) is 22.8 Å². The number of carbonyl (C=O) groups excluding carboxylic acids is 1. The Labute approximate surface area is 181 Å². The lowest BCUT2D eigenvalue weighted by Crippen LogP contribution is -2.22. The molecule has 3 aromatic rings. The Balaban J connectivity index is 1.45. The number of nitrogens with zero attached hydrogens (tertiary/aromatic N) is 2. The van der Waals surface area contributed by atoms with Gasteiger partial charge in [-0.2, -0.15) is 13.2 Å². The van der Waals surface area contributed by atoms with Crippen LogP contribution in [0.5, 0.6) is 0 Å². The minimum atomic E-state index is -4.22. The summed E-state index contributed by atoms with van der Waals surface area (Å²) in [4.78, 5) is 17.5. The molecule has 1 spiro atoms. The number of nitrogens with two attached hydrogens (primary N) is 1. The summed E-state index contributed by atoms with van der Waals surface area (Å²) in [5, 5.41) is 2.77. The van der Waals surface area contributed by atoms with Crippen molar-refractivity contribution < 1.29 is 22.4 Å². The number of aromatic nitrogens is 2. The highest BCUT2D eigenvalue weighted by Gasteiger charge is 2.64. The molecule has 1 unspecified atom stereocenters. The number of carbonyl (C=O) groups is 1. The Kier molecular flexibility index (Phi) is 4.77. The van der Waals surface area contributed by atoms with Crippen LogP contribution >= 0.6 is 0 Å². The van der Waals surface area contributed by atoms with Gasteiger partial charge in [0.2, 0.25) is 5.91 Å². The van der Waals surface area contributed by atoms with Crippen LogP contribution in [0.1, 0.15) is 36.2 Å². The number of hydrogen-bond donors (Lipinski definition) is 2. The number of anilines is 1. The van der Waals surface area contributed by atoms with Crippen LogP contribution in [0.25, 0.3) is 11.0 Å². The molecule has 1 fully saturated rings. The molecule has 1 aliphatic carbocycles. The molecule has 1 aromatic heterocycles. The third-order valence-electron chi connectivity index (χ3n) is 6.62. The molecule has 2 atom stereocenters. The fourth-order valence-corrected chi connectivity index (χ4v) is 4.96. The van der Waals surface area contributed by atoms with Crippen LogP contribution in [0, 0.1) is 11.7 Å². The Bertz CT molecular complexity index is 1220. The molecule has 5 rings (SSSR count). The van der Waals surface area contributed by atoms with Crippen molar-refractivity contribution in [2.75, 3.05) is 5.32 Å². The highest BCUT2D eigenvalue weighted by molar-refractivity contribution is 6.08. The predicted molar refractivity (Wildman–Crippen MR) is 111 cm³/mol. The van der Waals surface area contributed by atoms with E-state index in [4.69, 9.17) is 10.7 Å². The molecule has 9 heteroatoms. The lowest BCUT2D eigenvalue weighted by atomic mass is 9.93. The fourth-order valence-electron chi connectivity index (χ4n) is 4.96. The Hall–Kier alpha value is -2.94. The van der Waals surface area contributed by atoms with Gasteiger partial charge in [-0.05, 0) is 54.2 Å². The van der Waals surface area contributed by atoms with Gasteiger partial charge in [0.05, 0.1) is 16.4 Å². The summed E-state index contributed by atoms with van der Waals surface area (Å²) in [7, 11) is 0. The molecule has 5 nitrogen and oxygen atoms in total. The van der Waals surface area contributed by atoms with E-state index in [1.54, 1.807) is 6.07 Å². The number of halogens is 4. The van der Waals surface area contributed by atoms with Crippen molar-refractivity contribution in [2.24, 2.45) is 11.7 Å². The summed E-state index contributed by atoms with van der Waals surface area (Å²) in [5.74, 6) is 0.0247. The quantitative estimate of drug-likeness (QED) is 0.551. The van der Waals surface area contributed by atoms with Crippen molar-refractivity contribution in [1.29, 1.82) is 0 Å². The molecule has 0 bridgehead atoms. The van der Waals surface area contributed by atoms with Gasteiger partial charge in [0.15, 0.2) is 0 Å². The third-order valence-corrected chi connectivity index (χ3v) is 6.62. The smallest absolute Gasteiger partial charge is 0.328 e. The number of amides is 1. The predicted octanol–water partition coefficient (Wildman–Crippen LogP) is 4.43. The van der Waals surface area contributed by atoms with Crippen LogP contribution in [0.4, 0.5) is 23.2 Å². The summed E-state index contributed by atoms with van der Waals surface area (Å²) < 4.78 is 53.6. The highest BCUT2D eigenvalue weighted by Crippen LogP contribution is 2.61. The molecular formula is C23H22F4N4O. The van der Waals surface area contributed by atoms with E-state index >= 15 is 0 Å². The third kappa shape index (κ3) is 3.44. The molecule has 1 amide bonds. The van der Waals surface area contributed by atoms with E-state index in [9.17, 15) is 22.4 Å². The van der Waals surface area contributed by atoms with Gasteiger partial charge >= 0.3 is 6.18 Å². The van der Waals surface area contributed by atoms with Crippen molar-refractivity contribution in [2.45, 2.75) is 50.4 Å². The second kappa shape index (κ2) is 7.30. The van der Waals surface area contributed by atoms with Crippen molar-refractivity contribution in [3.8, 4) is 0 Å². The zero-order valence-corrected chi connectivity index (χ0v) is 17.2. The summed E-state index contributed by atoms with van der Waals surface area (Å²) in [6, 6.07) is 9.84. The van der Waals surface area contributed by atoms with Crippen LogP contribution in [0.2, 0.25) is 0 Å². The topological polar surface area (TPSA) is 72.9 Å². The molecular weight excluding hydrogens is 424 g/mol. The van der Waals surface area contributed by atoms with Gasteiger partial charge in [-0.3, -0.25) is 4.79 Å². The van der Waals surface area contributed by atoms with Crippen molar-refractivity contribution >= 4 is 22.6 Å². The molecule has 168 valence electrons. The van der Waals surface area contributed by atoms with Gasteiger partial charge in [-0.25, -0.2) is 9.37 Å². The number of benzene rings is 2. The number of rotatable bonds is 6. The molecule has 2 aliphatic rings. The maximum absolute atomic E-state index is 13.6. The minimum absolute atomic E-state index is 0.0543. The summed E-state index contributed by atoms with van der Waals surface area (Å²) in [6.45, 7) is 0.520. The largest absolute Gasteiger partial charge is 0.389 e. The Morgan fingerprint density at radius 2 is 2.03 bits per heavy atom. The van der Waals surface area contributed by atoms with Gasteiger partial charge in [0, 0.05) is 31.6 Å². The van der Waals surface area contributed by atoms with Gasteiger partial charge < -0.3 is 15.6 Å². The summed E-state index contributed by atoms with van der Waals surface area (Å²) in [5.41, 5.74) is 8.60. The molecule has 2 aromatic carbocycles. The molecule has 32 heavy (non-hydrogen) atoms. The number of fused-ring (bicyclic) bond motifs is 3. The first-order valence-electron chi connectivity index (χ1n) is 10.6. The van der Waals surface area contributed by atoms with Crippen LogP contribution in [0.3, 0.4) is 0 Å². The van der Waals surface area contributed by atoms with E-state index < -0.39 is 23.8 Å². The Morgan fingerprint density at radius 1 is 1.22 bits per heavy atom. The van der Waals surface area contributed by atoms with Crippen molar-refractivity contribution in [3.63, 3.8) is 0 Å². The molecule has 0 radical (unpaired) electrons. The van der Waals surface area contributed by atoms with E-state index in [-0.39, 0.29) is 24.8 Å². The molecule has 1 saturated carbocycles. The van der Waals surface area contributed by atoms with Crippen LogP contribution in [-0.4, -0.2) is 21.6 Å². The standard InChI is InChI=1S/C23H22F4N4O/c24-15-3-4-16-17(10-15)30-21(32)22(16)11-14(22)9-20-29-18-8-13(12-28)2-5-19(18)31(20)7-1-6-23(25,26)27/h2-5,8,10,14H,1,6-7,9,11-12,28H2,(H,30,32)/t14-,22?/m0/s1. The SMILES string of the molecule is NCc1ccc2c(c1)nc(C[C@H]1CC13C(=O)Nc1cc(F)ccc13)n2CCCC(F)(F)F. The van der Waals surface area contributed by atoms with Crippen molar-refractivity contribution in [1.82, 2.24) is 9.55 Å². The number of nitrogens with one attached hydrogen (secondary N) is 1. The average molecular weight is 446 g/mol. The van der Waals surface area contributed by atoms with E-state index in [0.29, 0.717) is 36.4 Å². The van der Waals surface area contributed by atoms with Gasteiger partial charge in [-0.15, -0.1) is 0 Å². The zero-order valence-electron chi connectivity index (χ0n) is 17.2. The average Bonchev–Trinajstić information content (AvgIpc) is 3.24. The second-order valence-electron chi connectivity index (χ2n) is 8.65. The highest BCUT2D eigenvalue weighted by atomic mass is 19.4. The molecule has 3 N–H and O–H groups in total. The minimum Gasteiger partial charge on any atom is -0.328 e. The summed E-state index contributed by atoms with van der Waals surface area (Å²) >= 11 is 0. The van der Waals surface area contributed by atoms with Gasteiger partial charge in [-0.1, -0.05) is 12.1 Å². The monoisotopic (exact) mass is 446 g/mol. The second-order valence-corrected chi connectivity index (χ2v) is 8.65. The van der Waals surface area contributed by atoms with Crippen LogP contribution in [-0.2, 0) is 29.7 Å². The number of alkyl halides is 3. The lowest BCUT2D eigenvalue weighted by molar-refractivity contribution is -0.135. The van der Waals surface area contributed by atoms with E-state index in [2.05, 4.69) is 5.32 Å². The number of imidazole rings is 1. The summed E-state index contributed by atoms with van der Waals surface area (Å²) in [6.07, 6.45) is -4.11. The number of hydrogen-bond acceptors (Lipinski definition) is 3. The molecule has 2 heterocycles. The van der Waals surface area contributed by atoms with Gasteiger partial charge in [0.1, 0.15) is 11.6 Å². The normalized spacial score (nSPS) is 21.9. The first-order chi connectivity index (χ1) is 15.2. The maximum Gasteiger partial charge on any atom is 0.389 e. The van der Waals surface area contributed by atoms with E-state index in [0.717, 1.165) is 16.6 Å². The zero-order chi connectivity index (χ0) is 22.7. The fraction of sp³-hybridized carbons (Fsp3) is 0.391. The Morgan fingerprint density at radius 3 is 2.78 bits per heavy atom. The van der Waals surface area contributed by atoms with Crippen molar-refractivity contribution in [3.05, 3.63) is 59.2 Å². The first kappa shape index (κ1) is 20.9. The number of aryl methyl sites for hydroxylation is 1. The molecule has 1 aliphatic heterocycles. The first-order valence-corrected chi connectivity index (χ1v) is 10.6.